The van der Waals surface area contributed by atoms with Gasteiger partial charge in [0.25, 0.3) is 11.8 Å². The number of rotatable bonds is 6. The van der Waals surface area contributed by atoms with E-state index in [-0.39, 0.29) is 18.6 Å². The van der Waals surface area contributed by atoms with Crippen molar-refractivity contribution >= 4 is 17.6 Å². The van der Waals surface area contributed by atoms with E-state index in [1.807, 2.05) is 0 Å². The number of amides is 3. The van der Waals surface area contributed by atoms with Crippen LogP contribution in [0.3, 0.4) is 0 Å². The molecule has 1 aliphatic rings. The first-order valence-electron chi connectivity index (χ1n) is 8.49. The van der Waals surface area contributed by atoms with Gasteiger partial charge in [-0.3, -0.25) is 4.79 Å². The summed E-state index contributed by atoms with van der Waals surface area (Å²) in [7, 11) is 2.99. The van der Waals surface area contributed by atoms with Gasteiger partial charge in [0, 0.05) is 19.3 Å². The molecule has 0 spiro atoms. The van der Waals surface area contributed by atoms with E-state index in [9.17, 15) is 9.59 Å². The molecule has 10 heteroatoms. The van der Waals surface area contributed by atoms with Crippen molar-refractivity contribution in [3.63, 3.8) is 0 Å². The van der Waals surface area contributed by atoms with Crippen molar-refractivity contribution in [2.24, 2.45) is 0 Å². The molecule has 3 amide bonds. The average molecular weight is 375 g/mol. The summed E-state index contributed by atoms with van der Waals surface area (Å²) in [5.41, 5.74) is 0.761. The van der Waals surface area contributed by atoms with Crippen LogP contribution in [-0.4, -0.2) is 42.8 Å². The Morgan fingerprint density at radius 2 is 2.22 bits per heavy atom. The van der Waals surface area contributed by atoms with Crippen LogP contribution in [0.1, 0.15) is 41.0 Å². The standard InChI is InChI=1S/C17H21N5O5/c1-18-15(23)11-8-10(5-6-12(11)25-2)20-17(24)19-9-14-21-16(27-22-14)13-4-3-7-26-13/h5-6,8,13H,3-4,7,9H2,1-2H3,(H,18,23)(H2,19,20,24)/t13-/m0/s1. The summed E-state index contributed by atoms with van der Waals surface area (Å²) >= 11 is 0. The van der Waals surface area contributed by atoms with Crippen LogP contribution in [0.2, 0.25) is 0 Å². The number of aromatic nitrogens is 2. The average Bonchev–Trinajstić information content (AvgIpc) is 3.37. The van der Waals surface area contributed by atoms with Crippen molar-refractivity contribution in [3.05, 3.63) is 35.5 Å². The third-order valence-corrected chi connectivity index (χ3v) is 4.03. The lowest BCUT2D eigenvalue weighted by atomic mass is 10.1. The van der Waals surface area contributed by atoms with E-state index < -0.39 is 6.03 Å². The minimum absolute atomic E-state index is 0.0977. The molecule has 144 valence electrons. The topological polar surface area (TPSA) is 128 Å². The third-order valence-electron chi connectivity index (χ3n) is 4.03. The van der Waals surface area contributed by atoms with E-state index in [0.29, 0.717) is 35.3 Å². The fourth-order valence-corrected chi connectivity index (χ4v) is 2.67. The number of nitrogens with zero attached hydrogens (tertiary/aromatic N) is 2. The second-order valence-corrected chi connectivity index (χ2v) is 5.85. The normalized spacial score (nSPS) is 16.0. The Hall–Kier alpha value is -3.14. The van der Waals surface area contributed by atoms with E-state index in [2.05, 4.69) is 26.1 Å². The molecule has 0 radical (unpaired) electrons. The van der Waals surface area contributed by atoms with Crippen LogP contribution in [0.4, 0.5) is 10.5 Å². The molecule has 1 aliphatic heterocycles. The Bertz CT molecular complexity index is 816. The number of ether oxygens (including phenoxy) is 2. The molecule has 10 nitrogen and oxygen atoms in total. The number of benzene rings is 1. The van der Waals surface area contributed by atoms with Gasteiger partial charge in [0.2, 0.25) is 0 Å². The molecule has 27 heavy (non-hydrogen) atoms. The highest BCUT2D eigenvalue weighted by Crippen LogP contribution is 2.27. The molecule has 1 fully saturated rings. The molecule has 2 heterocycles. The van der Waals surface area contributed by atoms with E-state index in [4.69, 9.17) is 14.0 Å². The molecule has 2 aromatic rings. The van der Waals surface area contributed by atoms with Gasteiger partial charge in [-0.25, -0.2) is 4.79 Å². The number of hydrogen-bond donors (Lipinski definition) is 3. The van der Waals surface area contributed by atoms with Gasteiger partial charge >= 0.3 is 6.03 Å². The van der Waals surface area contributed by atoms with Crippen LogP contribution in [0.15, 0.2) is 22.7 Å². The molecule has 0 bridgehead atoms. The van der Waals surface area contributed by atoms with Crippen molar-refractivity contribution < 1.29 is 23.6 Å². The maximum absolute atomic E-state index is 12.1. The summed E-state index contributed by atoms with van der Waals surface area (Å²) in [5.74, 6) is 0.879. The molecule has 3 rings (SSSR count). The monoisotopic (exact) mass is 375 g/mol. The number of anilines is 1. The van der Waals surface area contributed by atoms with Crippen molar-refractivity contribution in [1.82, 2.24) is 20.8 Å². The maximum atomic E-state index is 12.1. The second-order valence-electron chi connectivity index (χ2n) is 5.85. The zero-order valence-corrected chi connectivity index (χ0v) is 15.1. The molecule has 1 aromatic carbocycles. The Kier molecular flexibility index (Phi) is 5.87. The first-order chi connectivity index (χ1) is 13.1. The van der Waals surface area contributed by atoms with Crippen LogP contribution in [-0.2, 0) is 11.3 Å². The van der Waals surface area contributed by atoms with Gasteiger partial charge in [0.1, 0.15) is 11.9 Å². The SMILES string of the molecule is CNC(=O)c1cc(NC(=O)NCc2noc([C@@H]3CCCO3)n2)ccc1OC. The van der Waals surface area contributed by atoms with Gasteiger partial charge in [-0.1, -0.05) is 5.16 Å². The zero-order valence-electron chi connectivity index (χ0n) is 15.1. The summed E-state index contributed by atoms with van der Waals surface area (Å²) in [4.78, 5) is 28.2. The minimum Gasteiger partial charge on any atom is -0.496 e. The largest absolute Gasteiger partial charge is 0.496 e. The first-order valence-corrected chi connectivity index (χ1v) is 8.49. The fraction of sp³-hybridized carbons (Fsp3) is 0.412. The van der Waals surface area contributed by atoms with Crippen molar-refractivity contribution in [2.75, 3.05) is 26.1 Å². The van der Waals surface area contributed by atoms with Gasteiger partial charge in [-0.2, -0.15) is 4.98 Å². The van der Waals surface area contributed by atoms with Crippen LogP contribution in [0.5, 0.6) is 5.75 Å². The number of hydrogen-bond acceptors (Lipinski definition) is 7. The highest BCUT2D eigenvalue weighted by molar-refractivity contribution is 5.99. The Labute approximate surface area is 155 Å². The van der Waals surface area contributed by atoms with Gasteiger partial charge < -0.3 is 29.9 Å². The summed E-state index contributed by atoms with van der Waals surface area (Å²) in [6, 6.07) is 4.30. The molecular weight excluding hydrogens is 354 g/mol. The predicted molar refractivity (Wildman–Crippen MR) is 94.5 cm³/mol. The van der Waals surface area contributed by atoms with Gasteiger partial charge in [0.15, 0.2) is 5.82 Å². The summed E-state index contributed by atoms with van der Waals surface area (Å²) in [5, 5.41) is 11.6. The van der Waals surface area contributed by atoms with Crippen LogP contribution in [0, 0.1) is 0 Å². The predicted octanol–water partition coefficient (Wildman–Crippen LogP) is 1.61. The molecule has 3 N–H and O–H groups in total. The van der Waals surface area contributed by atoms with E-state index in [0.717, 1.165) is 12.8 Å². The molecule has 1 aromatic heterocycles. The lowest BCUT2D eigenvalue weighted by Crippen LogP contribution is -2.29. The van der Waals surface area contributed by atoms with Gasteiger partial charge in [-0.05, 0) is 31.0 Å². The minimum atomic E-state index is -0.466. The number of urea groups is 1. The number of methoxy groups -OCH3 is 1. The fourth-order valence-electron chi connectivity index (χ4n) is 2.67. The number of carbonyl (C=O) groups excluding carboxylic acids is 2. The van der Waals surface area contributed by atoms with Crippen LogP contribution >= 0.6 is 0 Å². The molecule has 0 saturated carbocycles. The first kappa shape index (κ1) is 18.6. The van der Waals surface area contributed by atoms with Crippen LogP contribution in [0.25, 0.3) is 0 Å². The maximum Gasteiger partial charge on any atom is 0.319 e. The Morgan fingerprint density at radius 1 is 1.37 bits per heavy atom. The van der Waals surface area contributed by atoms with Crippen molar-refractivity contribution in [3.8, 4) is 5.75 Å². The smallest absolute Gasteiger partial charge is 0.319 e. The van der Waals surface area contributed by atoms with E-state index in [1.54, 1.807) is 12.1 Å². The quantitative estimate of drug-likeness (QED) is 0.700. The van der Waals surface area contributed by atoms with Gasteiger partial charge in [-0.15, -0.1) is 0 Å². The molecule has 1 atom stereocenters. The summed E-state index contributed by atoms with van der Waals surface area (Å²) < 4.78 is 15.8. The molecular formula is C17H21N5O5. The van der Waals surface area contributed by atoms with Crippen molar-refractivity contribution in [1.29, 1.82) is 0 Å². The van der Waals surface area contributed by atoms with Gasteiger partial charge in [0.05, 0.1) is 19.2 Å². The zero-order chi connectivity index (χ0) is 19.2. The third kappa shape index (κ3) is 4.53. The molecule has 0 unspecified atom stereocenters. The number of carbonyl (C=O) groups is 2. The summed E-state index contributed by atoms with van der Waals surface area (Å²) in [6.07, 6.45) is 1.64. The molecule has 0 aliphatic carbocycles. The second kappa shape index (κ2) is 8.49. The van der Waals surface area contributed by atoms with E-state index >= 15 is 0 Å². The highest BCUT2D eigenvalue weighted by atomic mass is 16.5. The Morgan fingerprint density at radius 3 is 2.93 bits per heavy atom. The number of nitrogens with one attached hydrogen (secondary N) is 3. The lowest BCUT2D eigenvalue weighted by Gasteiger charge is -2.11. The summed E-state index contributed by atoms with van der Waals surface area (Å²) in [6.45, 7) is 0.781. The lowest BCUT2D eigenvalue weighted by molar-refractivity contribution is 0.0835. The van der Waals surface area contributed by atoms with Crippen molar-refractivity contribution in [2.45, 2.75) is 25.5 Å². The molecule has 1 saturated heterocycles. The van der Waals surface area contributed by atoms with E-state index in [1.165, 1.54) is 20.2 Å². The highest BCUT2D eigenvalue weighted by Gasteiger charge is 2.23. The Balaban J connectivity index is 1.57. The van der Waals surface area contributed by atoms with Crippen LogP contribution < -0.4 is 20.7 Å².